The Kier molecular flexibility index (Phi) is 5.21. The smallest absolute Gasteiger partial charge is 0.238 e. The van der Waals surface area contributed by atoms with Gasteiger partial charge in [0.05, 0.1) is 11.5 Å². The number of hydrogen-bond acceptors (Lipinski definition) is 5. The average Bonchev–Trinajstić information content (AvgIpc) is 3.23. The van der Waals surface area contributed by atoms with E-state index in [-0.39, 0.29) is 4.90 Å². The fourth-order valence-electron chi connectivity index (χ4n) is 2.93. The number of benzene rings is 1. The molecular weight excluding hydrogens is 316 g/mol. The van der Waals surface area contributed by atoms with Crippen LogP contribution in [0.25, 0.3) is 0 Å². The van der Waals surface area contributed by atoms with Gasteiger partial charge in [0.1, 0.15) is 12.4 Å². The molecule has 23 heavy (non-hydrogen) atoms. The second-order valence-electron chi connectivity index (χ2n) is 6.32. The molecule has 1 atom stereocenters. The van der Waals surface area contributed by atoms with Crippen LogP contribution in [0, 0.1) is 5.92 Å². The van der Waals surface area contributed by atoms with Crippen LogP contribution < -0.4 is 9.88 Å². The molecule has 2 aliphatic rings. The van der Waals surface area contributed by atoms with Crippen LogP contribution >= 0.6 is 0 Å². The summed E-state index contributed by atoms with van der Waals surface area (Å²) in [6, 6.07) is 6.93. The molecule has 1 heterocycles. The van der Waals surface area contributed by atoms with Crippen LogP contribution in [0.4, 0.5) is 0 Å². The van der Waals surface area contributed by atoms with Gasteiger partial charge in [0, 0.05) is 25.7 Å². The second kappa shape index (κ2) is 7.17. The zero-order valence-corrected chi connectivity index (χ0v) is 14.0. The maximum atomic E-state index is 11.2. The van der Waals surface area contributed by atoms with Gasteiger partial charge >= 0.3 is 0 Å². The first kappa shape index (κ1) is 16.7. The zero-order chi connectivity index (χ0) is 16.3. The van der Waals surface area contributed by atoms with Crippen molar-refractivity contribution in [2.75, 3.05) is 32.9 Å². The third-order valence-corrected chi connectivity index (χ3v) is 5.31. The maximum Gasteiger partial charge on any atom is 0.238 e. The summed E-state index contributed by atoms with van der Waals surface area (Å²) in [6.07, 6.45) is 3.70. The minimum absolute atomic E-state index is 0.102. The molecule has 2 fully saturated rings. The van der Waals surface area contributed by atoms with E-state index in [4.69, 9.17) is 14.6 Å². The molecule has 0 unspecified atom stereocenters. The van der Waals surface area contributed by atoms with Crippen molar-refractivity contribution in [1.29, 1.82) is 0 Å². The van der Waals surface area contributed by atoms with Crippen molar-refractivity contribution in [3.63, 3.8) is 0 Å². The summed E-state index contributed by atoms with van der Waals surface area (Å²) in [5, 5.41) is 5.08. The highest BCUT2D eigenvalue weighted by atomic mass is 32.2. The molecule has 0 radical (unpaired) electrons. The van der Waals surface area contributed by atoms with E-state index in [2.05, 4.69) is 4.90 Å². The summed E-state index contributed by atoms with van der Waals surface area (Å²) in [4.78, 5) is 2.60. The number of rotatable bonds is 8. The van der Waals surface area contributed by atoms with Crippen LogP contribution in [0.3, 0.4) is 0 Å². The molecule has 0 bridgehead atoms. The van der Waals surface area contributed by atoms with Crippen LogP contribution in [0.2, 0.25) is 0 Å². The Balaban J connectivity index is 1.47. The maximum absolute atomic E-state index is 11.2. The van der Waals surface area contributed by atoms with Gasteiger partial charge in [-0.25, -0.2) is 13.6 Å². The molecule has 1 aromatic carbocycles. The molecule has 3 rings (SSSR count). The second-order valence-corrected chi connectivity index (χ2v) is 7.88. The third-order valence-electron chi connectivity index (χ3n) is 4.38. The Morgan fingerprint density at radius 3 is 2.52 bits per heavy atom. The van der Waals surface area contributed by atoms with Crippen molar-refractivity contribution in [3.05, 3.63) is 24.3 Å². The number of hydrogen-bond donors (Lipinski definition) is 1. The van der Waals surface area contributed by atoms with Crippen LogP contribution in [-0.4, -0.2) is 52.3 Å². The van der Waals surface area contributed by atoms with Gasteiger partial charge in [-0.15, -0.1) is 0 Å². The van der Waals surface area contributed by atoms with Gasteiger partial charge < -0.3 is 9.47 Å². The fraction of sp³-hybridized carbons (Fsp3) is 0.625. The summed E-state index contributed by atoms with van der Waals surface area (Å²) >= 11 is 0. The first-order valence-electron chi connectivity index (χ1n) is 8.10. The van der Waals surface area contributed by atoms with Crippen molar-refractivity contribution < 1.29 is 17.9 Å². The van der Waals surface area contributed by atoms with Crippen LogP contribution in [0.1, 0.15) is 19.3 Å². The van der Waals surface area contributed by atoms with Gasteiger partial charge in [0.15, 0.2) is 0 Å². The van der Waals surface area contributed by atoms with E-state index in [1.165, 1.54) is 25.0 Å². The van der Waals surface area contributed by atoms with Crippen molar-refractivity contribution in [3.8, 4) is 5.75 Å². The minimum atomic E-state index is -3.65. The Morgan fingerprint density at radius 1 is 1.22 bits per heavy atom. The van der Waals surface area contributed by atoms with Crippen molar-refractivity contribution in [1.82, 2.24) is 4.90 Å². The third kappa shape index (κ3) is 4.91. The molecule has 1 aromatic rings. The first-order chi connectivity index (χ1) is 11.0. The molecule has 2 N–H and O–H groups in total. The summed E-state index contributed by atoms with van der Waals surface area (Å²) in [5.74, 6) is 1.31. The van der Waals surface area contributed by atoms with E-state index in [1.807, 2.05) is 0 Å². The largest absolute Gasteiger partial charge is 0.492 e. The van der Waals surface area contributed by atoms with Crippen molar-refractivity contribution >= 4 is 10.0 Å². The quantitative estimate of drug-likeness (QED) is 0.769. The summed E-state index contributed by atoms with van der Waals surface area (Å²) in [6.45, 7) is 4.32. The Labute approximate surface area is 137 Å². The Bertz CT molecular complexity index is 607. The molecule has 1 aliphatic carbocycles. The van der Waals surface area contributed by atoms with Crippen molar-refractivity contribution in [2.45, 2.75) is 30.2 Å². The predicted octanol–water partition coefficient (Wildman–Crippen LogP) is 1.21. The van der Waals surface area contributed by atoms with Crippen LogP contribution in [0.15, 0.2) is 29.2 Å². The van der Waals surface area contributed by atoms with Crippen LogP contribution in [0.5, 0.6) is 5.75 Å². The molecule has 0 amide bonds. The van der Waals surface area contributed by atoms with Crippen molar-refractivity contribution in [2.24, 2.45) is 11.1 Å². The van der Waals surface area contributed by atoms with E-state index in [0.717, 1.165) is 32.7 Å². The molecule has 1 saturated carbocycles. The lowest BCUT2D eigenvalue weighted by Gasteiger charge is -2.24. The van der Waals surface area contributed by atoms with Gasteiger partial charge in [-0.1, -0.05) is 0 Å². The Morgan fingerprint density at radius 2 is 1.96 bits per heavy atom. The molecule has 0 spiro atoms. The molecule has 128 valence electrons. The predicted molar refractivity (Wildman–Crippen MR) is 86.8 cm³/mol. The van der Waals surface area contributed by atoms with Crippen LogP contribution in [-0.2, 0) is 14.8 Å². The summed E-state index contributed by atoms with van der Waals surface area (Å²) < 4.78 is 33.6. The van der Waals surface area contributed by atoms with E-state index in [1.54, 1.807) is 12.1 Å². The lowest BCUT2D eigenvalue weighted by molar-refractivity contribution is 0.151. The minimum Gasteiger partial charge on any atom is -0.492 e. The van der Waals surface area contributed by atoms with Gasteiger partial charge in [-0.05, 0) is 49.4 Å². The highest BCUT2D eigenvalue weighted by Gasteiger charge is 2.31. The molecule has 1 saturated heterocycles. The molecular formula is C16H24N2O4S. The number of sulfonamides is 1. The number of nitrogens with two attached hydrogens (primary N) is 1. The topological polar surface area (TPSA) is 81.9 Å². The highest BCUT2D eigenvalue weighted by Crippen LogP contribution is 2.28. The van der Waals surface area contributed by atoms with E-state index < -0.39 is 10.0 Å². The Hall–Kier alpha value is -1.15. The highest BCUT2D eigenvalue weighted by molar-refractivity contribution is 7.89. The average molecular weight is 340 g/mol. The lowest BCUT2D eigenvalue weighted by Crippen LogP contribution is -2.35. The molecule has 1 aliphatic heterocycles. The number of ether oxygens (including phenoxy) is 2. The van der Waals surface area contributed by atoms with Gasteiger partial charge in [0.2, 0.25) is 10.0 Å². The monoisotopic (exact) mass is 340 g/mol. The normalized spacial score (nSPS) is 21.7. The van der Waals surface area contributed by atoms with Gasteiger partial charge in [-0.2, -0.15) is 0 Å². The molecule has 6 nitrogen and oxygen atoms in total. The molecule has 7 heteroatoms. The van der Waals surface area contributed by atoms with Gasteiger partial charge in [-0.3, -0.25) is 4.90 Å². The molecule has 0 aromatic heterocycles. The fourth-order valence-corrected chi connectivity index (χ4v) is 3.44. The number of primary sulfonamides is 1. The summed E-state index contributed by atoms with van der Waals surface area (Å²) in [7, 11) is -3.65. The SMILES string of the molecule is NS(=O)(=O)c1ccc(OCCN(C[C@@H]2CCOC2)C2CC2)cc1. The zero-order valence-electron chi connectivity index (χ0n) is 13.2. The van der Waals surface area contributed by atoms with E-state index >= 15 is 0 Å². The lowest BCUT2D eigenvalue weighted by atomic mass is 10.1. The standard InChI is InChI=1S/C16H24N2O4S/c17-23(19,20)16-5-3-15(4-6-16)22-10-8-18(14-1-2-14)11-13-7-9-21-12-13/h3-6,13-14H,1-2,7-12H2,(H2,17,19,20)/t13-/m0/s1. The first-order valence-corrected chi connectivity index (χ1v) is 9.64. The number of nitrogens with zero attached hydrogens (tertiary/aromatic N) is 1. The summed E-state index contributed by atoms with van der Waals surface area (Å²) in [5.41, 5.74) is 0. The van der Waals surface area contributed by atoms with E-state index in [9.17, 15) is 8.42 Å². The van der Waals surface area contributed by atoms with E-state index in [0.29, 0.717) is 24.3 Å². The van der Waals surface area contributed by atoms with Gasteiger partial charge in [0.25, 0.3) is 0 Å².